The summed E-state index contributed by atoms with van der Waals surface area (Å²) in [6, 6.07) is 15.1. The van der Waals surface area contributed by atoms with E-state index in [9.17, 15) is 0 Å². The van der Waals surface area contributed by atoms with Crippen molar-refractivity contribution in [3.8, 4) is 22.8 Å². The number of aromatic nitrogens is 3. The van der Waals surface area contributed by atoms with Crippen molar-refractivity contribution in [1.82, 2.24) is 14.7 Å². The van der Waals surface area contributed by atoms with Gasteiger partial charge in [-0.15, -0.1) is 0 Å². The molecule has 4 heteroatoms. The van der Waals surface area contributed by atoms with E-state index in [0.29, 0.717) is 17.8 Å². The van der Waals surface area contributed by atoms with Gasteiger partial charge in [0.05, 0.1) is 0 Å². The predicted molar refractivity (Wildman–Crippen MR) is 101 cm³/mol. The van der Waals surface area contributed by atoms with Crippen molar-refractivity contribution >= 4 is 10.9 Å². The predicted octanol–water partition coefficient (Wildman–Crippen LogP) is 5.56. The third kappa shape index (κ3) is 2.74. The SMILES string of the molecule is Cc1ccc(-c2noc(-c3ccc4c(ccn4C(C)C)c3)n2)c(C)c1. The van der Waals surface area contributed by atoms with Crippen molar-refractivity contribution in [2.75, 3.05) is 0 Å². The topological polar surface area (TPSA) is 43.9 Å². The Morgan fingerprint density at radius 1 is 1.00 bits per heavy atom. The van der Waals surface area contributed by atoms with E-state index in [1.54, 1.807) is 0 Å². The highest BCUT2D eigenvalue weighted by molar-refractivity contribution is 5.84. The molecule has 4 rings (SSSR count). The van der Waals surface area contributed by atoms with Gasteiger partial charge in [0.25, 0.3) is 5.89 Å². The van der Waals surface area contributed by atoms with Crippen LogP contribution in [0.1, 0.15) is 31.0 Å². The van der Waals surface area contributed by atoms with Crippen LogP contribution in [0.4, 0.5) is 0 Å². The molecule has 2 aromatic carbocycles. The fourth-order valence-corrected chi connectivity index (χ4v) is 3.26. The first-order chi connectivity index (χ1) is 12.0. The van der Waals surface area contributed by atoms with Crippen LogP contribution in [0.25, 0.3) is 33.7 Å². The Hall–Kier alpha value is -2.88. The summed E-state index contributed by atoms with van der Waals surface area (Å²) in [6.45, 7) is 8.51. The second kappa shape index (κ2) is 5.88. The summed E-state index contributed by atoms with van der Waals surface area (Å²) in [5.74, 6) is 1.18. The Balaban J connectivity index is 1.73. The molecular weight excluding hydrogens is 310 g/mol. The van der Waals surface area contributed by atoms with Gasteiger partial charge in [0, 0.05) is 34.3 Å². The summed E-state index contributed by atoms with van der Waals surface area (Å²) in [4.78, 5) is 4.61. The first kappa shape index (κ1) is 15.6. The number of hydrogen-bond acceptors (Lipinski definition) is 3. The molecular formula is C21H21N3O. The molecule has 2 heterocycles. The monoisotopic (exact) mass is 331 g/mol. The Labute approximate surface area is 147 Å². The van der Waals surface area contributed by atoms with Gasteiger partial charge in [0.1, 0.15) is 0 Å². The highest BCUT2D eigenvalue weighted by atomic mass is 16.5. The zero-order valence-corrected chi connectivity index (χ0v) is 14.9. The van der Waals surface area contributed by atoms with Crippen LogP contribution in [0, 0.1) is 13.8 Å². The Morgan fingerprint density at radius 3 is 2.60 bits per heavy atom. The molecule has 0 aliphatic carbocycles. The van der Waals surface area contributed by atoms with Crippen LogP contribution >= 0.6 is 0 Å². The van der Waals surface area contributed by atoms with Gasteiger partial charge in [0.2, 0.25) is 5.82 Å². The average molecular weight is 331 g/mol. The van der Waals surface area contributed by atoms with Gasteiger partial charge in [0.15, 0.2) is 0 Å². The van der Waals surface area contributed by atoms with Crippen molar-refractivity contribution in [2.45, 2.75) is 33.7 Å². The number of benzene rings is 2. The number of fused-ring (bicyclic) bond motifs is 1. The minimum atomic E-state index is 0.433. The highest BCUT2D eigenvalue weighted by Gasteiger charge is 2.14. The van der Waals surface area contributed by atoms with E-state index in [2.05, 4.69) is 78.9 Å². The second-order valence-corrected chi connectivity index (χ2v) is 6.83. The summed E-state index contributed by atoms with van der Waals surface area (Å²) in [5.41, 5.74) is 5.54. The molecule has 0 spiro atoms. The molecule has 0 fully saturated rings. The normalized spacial score (nSPS) is 11.6. The van der Waals surface area contributed by atoms with Gasteiger partial charge in [-0.25, -0.2) is 0 Å². The molecule has 0 bridgehead atoms. The van der Waals surface area contributed by atoms with Crippen LogP contribution in [0.5, 0.6) is 0 Å². The zero-order valence-electron chi connectivity index (χ0n) is 14.9. The van der Waals surface area contributed by atoms with Crippen LogP contribution < -0.4 is 0 Å². The van der Waals surface area contributed by atoms with Crippen molar-refractivity contribution < 1.29 is 4.52 Å². The largest absolute Gasteiger partial charge is 0.345 e. The lowest BCUT2D eigenvalue weighted by molar-refractivity contribution is 0.432. The molecule has 4 aromatic rings. The second-order valence-electron chi connectivity index (χ2n) is 6.83. The van der Waals surface area contributed by atoms with Crippen LogP contribution in [0.2, 0.25) is 0 Å². The fraction of sp³-hybridized carbons (Fsp3) is 0.238. The van der Waals surface area contributed by atoms with E-state index in [-0.39, 0.29) is 0 Å². The van der Waals surface area contributed by atoms with E-state index < -0.39 is 0 Å². The summed E-state index contributed by atoms with van der Waals surface area (Å²) in [7, 11) is 0. The highest BCUT2D eigenvalue weighted by Crippen LogP contribution is 2.28. The summed E-state index contributed by atoms with van der Waals surface area (Å²) in [5, 5.41) is 5.35. The van der Waals surface area contributed by atoms with Gasteiger partial charge >= 0.3 is 0 Å². The maximum Gasteiger partial charge on any atom is 0.258 e. The van der Waals surface area contributed by atoms with Crippen LogP contribution in [-0.2, 0) is 0 Å². The standard InChI is InChI=1S/C21H21N3O/c1-13(2)24-10-9-16-12-17(6-8-19(16)24)21-22-20(23-25-21)18-7-5-14(3)11-15(18)4/h5-13H,1-4H3. The lowest BCUT2D eigenvalue weighted by atomic mass is 10.1. The van der Waals surface area contributed by atoms with Crippen molar-refractivity contribution in [3.05, 3.63) is 59.8 Å². The van der Waals surface area contributed by atoms with Crippen LogP contribution in [0.3, 0.4) is 0 Å². The minimum Gasteiger partial charge on any atom is -0.345 e. The van der Waals surface area contributed by atoms with Crippen LogP contribution in [-0.4, -0.2) is 14.7 Å². The van der Waals surface area contributed by atoms with E-state index in [1.807, 2.05) is 12.1 Å². The van der Waals surface area contributed by atoms with Gasteiger partial charge in [-0.05, 0) is 57.5 Å². The lowest BCUT2D eigenvalue weighted by Crippen LogP contribution is -1.97. The quantitative estimate of drug-likeness (QED) is 0.494. The summed E-state index contributed by atoms with van der Waals surface area (Å²) in [6.07, 6.45) is 2.12. The molecule has 0 saturated heterocycles. The van der Waals surface area contributed by atoms with E-state index in [4.69, 9.17) is 4.52 Å². The number of hydrogen-bond donors (Lipinski definition) is 0. The molecule has 25 heavy (non-hydrogen) atoms. The smallest absolute Gasteiger partial charge is 0.258 e. The molecule has 0 aliphatic rings. The Kier molecular flexibility index (Phi) is 3.68. The van der Waals surface area contributed by atoms with Gasteiger partial charge in [-0.2, -0.15) is 4.98 Å². The molecule has 0 radical (unpaired) electrons. The van der Waals surface area contributed by atoms with Crippen molar-refractivity contribution in [2.24, 2.45) is 0 Å². The number of rotatable bonds is 3. The van der Waals surface area contributed by atoms with Gasteiger partial charge < -0.3 is 9.09 Å². The number of aryl methyl sites for hydroxylation is 2. The molecule has 126 valence electrons. The first-order valence-electron chi connectivity index (χ1n) is 8.55. The zero-order chi connectivity index (χ0) is 17.6. The minimum absolute atomic E-state index is 0.433. The van der Waals surface area contributed by atoms with E-state index in [1.165, 1.54) is 16.5 Å². The summed E-state index contributed by atoms with van der Waals surface area (Å²) >= 11 is 0. The molecule has 0 atom stereocenters. The molecule has 0 aliphatic heterocycles. The maximum atomic E-state index is 5.53. The molecule has 0 N–H and O–H groups in total. The van der Waals surface area contributed by atoms with Crippen molar-refractivity contribution in [1.29, 1.82) is 0 Å². The molecule has 2 aromatic heterocycles. The molecule has 0 saturated carbocycles. The molecule has 4 nitrogen and oxygen atoms in total. The van der Waals surface area contributed by atoms with Gasteiger partial charge in [-0.1, -0.05) is 28.9 Å². The molecule has 0 unspecified atom stereocenters. The first-order valence-corrected chi connectivity index (χ1v) is 8.55. The van der Waals surface area contributed by atoms with E-state index >= 15 is 0 Å². The molecule has 0 amide bonds. The van der Waals surface area contributed by atoms with Gasteiger partial charge in [-0.3, -0.25) is 0 Å². The Bertz CT molecular complexity index is 1060. The Morgan fingerprint density at radius 2 is 1.84 bits per heavy atom. The fourth-order valence-electron chi connectivity index (χ4n) is 3.26. The maximum absolute atomic E-state index is 5.53. The average Bonchev–Trinajstić information content (AvgIpc) is 3.21. The number of nitrogens with zero attached hydrogens (tertiary/aromatic N) is 3. The van der Waals surface area contributed by atoms with Crippen molar-refractivity contribution in [3.63, 3.8) is 0 Å². The summed E-state index contributed by atoms with van der Waals surface area (Å²) < 4.78 is 7.78. The van der Waals surface area contributed by atoms with E-state index in [0.717, 1.165) is 16.7 Å². The third-order valence-corrected chi connectivity index (χ3v) is 4.57. The lowest BCUT2D eigenvalue weighted by Gasteiger charge is -2.09. The third-order valence-electron chi connectivity index (χ3n) is 4.57. The van der Waals surface area contributed by atoms with Crippen LogP contribution in [0.15, 0.2) is 53.2 Å².